The molecule has 0 radical (unpaired) electrons. The van der Waals surface area contributed by atoms with Gasteiger partial charge < -0.3 is 43.4 Å². The van der Waals surface area contributed by atoms with E-state index in [4.69, 9.17) is 22.3 Å². The summed E-state index contributed by atoms with van der Waals surface area (Å²) in [4.78, 5) is 48.0. The first-order chi connectivity index (χ1) is 14.2. The molecule has 0 saturated carbocycles. The molecule has 0 bridgehead atoms. The van der Waals surface area contributed by atoms with E-state index >= 15 is 0 Å². The van der Waals surface area contributed by atoms with Crippen molar-refractivity contribution in [1.82, 2.24) is 16.0 Å². The molecule has 4 atom stereocenters. The Balaban J connectivity index is 4.98. The minimum atomic E-state index is -1.31. The molecule has 0 aromatic heterocycles. The molecule has 0 aliphatic carbocycles. The van der Waals surface area contributed by atoms with Crippen molar-refractivity contribution in [2.24, 2.45) is 17.2 Å². The fraction of sp³-hybridized carbons (Fsp3) is 0.778. The largest absolute Gasteiger partial charge is 0.480 e. The number of carbonyl (C=O) groups is 4. The molecule has 0 aromatic rings. The maximum atomic E-state index is 12.5. The zero-order valence-electron chi connectivity index (χ0n) is 17.4. The Morgan fingerprint density at radius 1 is 0.800 bits per heavy atom. The van der Waals surface area contributed by atoms with E-state index in [1.165, 1.54) is 6.92 Å². The Morgan fingerprint density at radius 2 is 1.30 bits per heavy atom. The van der Waals surface area contributed by atoms with Gasteiger partial charge in [-0.15, -0.1) is 0 Å². The summed E-state index contributed by atoms with van der Waals surface area (Å²) in [6.07, 6.45) is 3.06. The number of carbonyl (C=O) groups excluding carboxylic acids is 3. The average Bonchev–Trinajstić information content (AvgIpc) is 2.70. The predicted molar refractivity (Wildman–Crippen MR) is 110 cm³/mol. The van der Waals surface area contributed by atoms with Crippen LogP contribution in [0.3, 0.4) is 0 Å². The lowest BCUT2D eigenvalue weighted by Crippen LogP contribution is -2.57. The molecule has 12 nitrogen and oxygen atoms in total. The van der Waals surface area contributed by atoms with Gasteiger partial charge in [-0.25, -0.2) is 0 Å². The molecule has 0 rings (SSSR count). The summed E-state index contributed by atoms with van der Waals surface area (Å²) in [5.74, 6) is -3.29. The van der Waals surface area contributed by atoms with Crippen molar-refractivity contribution in [2.75, 3.05) is 19.7 Å². The minimum Gasteiger partial charge on any atom is -0.480 e. The van der Waals surface area contributed by atoms with E-state index in [0.29, 0.717) is 45.2 Å². The van der Waals surface area contributed by atoms with Gasteiger partial charge in [-0.3, -0.25) is 19.2 Å². The number of aliphatic hydroxyl groups excluding tert-OH is 1. The van der Waals surface area contributed by atoms with Crippen molar-refractivity contribution in [1.29, 1.82) is 0 Å². The van der Waals surface area contributed by atoms with Gasteiger partial charge in [0, 0.05) is 0 Å². The summed E-state index contributed by atoms with van der Waals surface area (Å²) in [5.41, 5.74) is 16.6. The van der Waals surface area contributed by atoms with Gasteiger partial charge in [-0.05, 0) is 52.1 Å². The highest BCUT2D eigenvalue weighted by Crippen LogP contribution is 2.03. The second-order valence-corrected chi connectivity index (χ2v) is 7.05. The number of aliphatic hydroxyl groups is 1. The Bertz CT molecular complexity index is 561. The molecular weight excluding hydrogens is 396 g/mol. The number of unbranched alkanes of at least 4 members (excludes halogenated alkanes) is 2. The van der Waals surface area contributed by atoms with Gasteiger partial charge in [0.25, 0.3) is 0 Å². The van der Waals surface area contributed by atoms with Crippen molar-refractivity contribution in [3.05, 3.63) is 0 Å². The van der Waals surface area contributed by atoms with Crippen LogP contribution in [0.15, 0.2) is 0 Å². The van der Waals surface area contributed by atoms with E-state index in [1.54, 1.807) is 0 Å². The first-order valence-electron chi connectivity index (χ1n) is 10.1. The Labute approximate surface area is 176 Å². The lowest BCUT2D eigenvalue weighted by molar-refractivity contribution is -0.141. The highest BCUT2D eigenvalue weighted by Gasteiger charge is 2.28. The second-order valence-electron chi connectivity index (χ2n) is 7.05. The number of nitrogens with one attached hydrogen (secondary N) is 3. The summed E-state index contributed by atoms with van der Waals surface area (Å²) in [6, 6.07) is -4.36. The third-order valence-electron chi connectivity index (χ3n) is 4.43. The summed E-state index contributed by atoms with van der Waals surface area (Å²) in [6.45, 7) is 1.47. The van der Waals surface area contributed by atoms with Crippen molar-refractivity contribution in [2.45, 2.75) is 69.6 Å². The fourth-order valence-electron chi connectivity index (χ4n) is 2.52. The monoisotopic (exact) mass is 432 g/mol. The molecule has 11 N–H and O–H groups in total. The molecular formula is C18H36N6O6. The van der Waals surface area contributed by atoms with Crippen LogP contribution < -0.4 is 33.2 Å². The fourth-order valence-corrected chi connectivity index (χ4v) is 2.52. The van der Waals surface area contributed by atoms with Gasteiger partial charge in [0.05, 0.1) is 12.6 Å². The third kappa shape index (κ3) is 11.0. The molecule has 0 heterocycles. The van der Waals surface area contributed by atoms with Crippen LogP contribution in [0.5, 0.6) is 0 Å². The molecule has 12 heteroatoms. The molecule has 3 amide bonds. The van der Waals surface area contributed by atoms with Crippen LogP contribution in [0.25, 0.3) is 0 Å². The molecule has 0 aromatic carbocycles. The zero-order chi connectivity index (χ0) is 23.1. The molecule has 174 valence electrons. The van der Waals surface area contributed by atoms with Gasteiger partial charge in [0.1, 0.15) is 18.1 Å². The maximum Gasteiger partial charge on any atom is 0.325 e. The summed E-state index contributed by atoms with van der Waals surface area (Å²) in [5, 5.41) is 25.5. The molecule has 4 unspecified atom stereocenters. The number of nitrogens with two attached hydrogens (primary N) is 3. The number of rotatable bonds is 16. The van der Waals surface area contributed by atoms with E-state index in [1.807, 2.05) is 0 Å². The van der Waals surface area contributed by atoms with Crippen LogP contribution in [0.2, 0.25) is 0 Å². The van der Waals surface area contributed by atoms with Crippen molar-refractivity contribution >= 4 is 23.7 Å². The first-order valence-corrected chi connectivity index (χ1v) is 10.1. The van der Waals surface area contributed by atoms with E-state index in [0.717, 1.165) is 0 Å². The van der Waals surface area contributed by atoms with Crippen molar-refractivity contribution in [3.8, 4) is 0 Å². The molecule has 0 fully saturated rings. The normalized spacial score (nSPS) is 14.8. The van der Waals surface area contributed by atoms with Crippen molar-refractivity contribution < 1.29 is 29.4 Å². The molecule has 0 aliphatic heterocycles. The van der Waals surface area contributed by atoms with Crippen molar-refractivity contribution in [3.63, 3.8) is 0 Å². The van der Waals surface area contributed by atoms with E-state index in [9.17, 15) is 24.3 Å². The predicted octanol–water partition coefficient (Wildman–Crippen LogP) is -2.88. The van der Waals surface area contributed by atoms with E-state index < -0.39 is 54.5 Å². The van der Waals surface area contributed by atoms with Gasteiger partial charge in [-0.1, -0.05) is 6.42 Å². The van der Waals surface area contributed by atoms with Crippen LogP contribution in [-0.4, -0.2) is 77.8 Å². The highest BCUT2D eigenvalue weighted by molar-refractivity contribution is 5.94. The number of hydrogen-bond acceptors (Lipinski definition) is 8. The highest BCUT2D eigenvalue weighted by atomic mass is 16.4. The van der Waals surface area contributed by atoms with Gasteiger partial charge >= 0.3 is 5.97 Å². The molecule has 0 spiro atoms. The second kappa shape index (κ2) is 15.5. The van der Waals surface area contributed by atoms with Gasteiger partial charge in [-0.2, -0.15) is 0 Å². The Hall–Kier alpha value is -2.28. The number of carboxylic acid groups (broad SMARTS) is 1. The lowest BCUT2D eigenvalue weighted by atomic mass is 10.1. The van der Waals surface area contributed by atoms with E-state index in [-0.39, 0.29) is 6.42 Å². The molecule has 0 saturated heterocycles. The molecule has 30 heavy (non-hydrogen) atoms. The van der Waals surface area contributed by atoms with Crippen LogP contribution >= 0.6 is 0 Å². The third-order valence-corrected chi connectivity index (χ3v) is 4.43. The first kappa shape index (κ1) is 27.7. The minimum absolute atomic E-state index is 0.214. The van der Waals surface area contributed by atoms with Gasteiger partial charge in [0.2, 0.25) is 17.7 Å². The number of aliphatic carboxylic acids is 1. The average molecular weight is 433 g/mol. The zero-order valence-corrected chi connectivity index (χ0v) is 17.4. The number of hydrogen-bond donors (Lipinski definition) is 8. The number of amides is 3. The van der Waals surface area contributed by atoms with Crippen LogP contribution in [0.4, 0.5) is 0 Å². The SMILES string of the molecule is CC(NC(=O)C(CCCCN)NC(=O)C(CO)NC(=O)C(N)CCCCN)C(=O)O. The smallest absolute Gasteiger partial charge is 0.325 e. The quantitative estimate of drug-likeness (QED) is 0.117. The standard InChI is InChI=1S/C18H36N6O6/c1-11(18(29)30)22-16(27)13(7-3-5-9-20)23-17(28)14(10-25)24-15(26)12(21)6-2-4-8-19/h11-14,25H,2-10,19-21H2,1H3,(H,22,27)(H,23,28)(H,24,26)(H,29,30). The summed E-state index contributed by atoms with van der Waals surface area (Å²) < 4.78 is 0. The van der Waals surface area contributed by atoms with Crippen LogP contribution in [-0.2, 0) is 19.2 Å². The number of carboxylic acids is 1. The lowest BCUT2D eigenvalue weighted by Gasteiger charge is -2.24. The Kier molecular flexibility index (Phi) is 14.4. The topological polar surface area (TPSA) is 223 Å². The summed E-state index contributed by atoms with van der Waals surface area (Å²) >= 11 is 0. The van der Waals surface area contributed by atoms with Crippen LogP contribution in [0, 0.1) is 0 Å². The van der Waals surface area contributed by atoms with Crippen LogP contribution in [0.1, 0.15) is 45.4 Å². The summed E-state index contributed by atoms with van der Waals surface area (Å²) in [7, 11) is 0. The maximum absolute atomic E-state index is 12.5. The van der Waals surface area contributed by atoms with E-state index in [2.05, 4.69) is 16.0 Å². The van der Waals surface area contributed by atoms with Gasteiger partial charge in [0.15, 0.2) is 0 Å². The Morgan fingerprint density at radius 3 is 1.80 bits per heavy atom. The molecule has 0 aliphatic rings.